The maximum atomic E-state index is 12.8. The Bertz CT molecular complexity index is 1210. The number of H-pyrrole nitrogens is 1. The molecular formula is C21H22N6O3S2. The van der Waals surface area contributed by atoms with Crippen LogP contribution in [0.1, 0.15) is 43.7 Å². The number of methoxy groups -OCH3 is 1. The summed E-state index contributed by atoms with van der Waals surface area (Å²) in [5.41, 5.74) is 0.138. The minimum Gasteiger partial charge on any atom is -0.497 e. The number of hydrogen-bond donors (Lipinski definition) is 2. The van der Waals surface area contributed by atoms with Crippen molar-refractivity contribution >= 4 is 34.1 Å². The summed E-state index contributed by atoms with van der Waals surface area (Å²) in [4.78, 5) is 32.4. The summed E-state index contributed by atoms with van der Waals surface area (Å²) >= 11 is 2.45. The van der Waals surface area contributed by atoms with E-state index < -0.39 is 10.8 Å². The number of nitriles is 1. The van der Waals surface area contributed by atoms with E-state index >= 15 is 0 Å². The minimum absolute atomic E-state index is 0.102. The number of anilines is 1. The maximum Gasteiger partial charge on any atom is 0.270 e. The third kappa shape index (κ3) is 5.33. The smallest absolute Gasteiger partial charge is 0.270 e. The Morgan fingerprint density at radius 3 is 2.78 bits per heavy atom. The van der Waals surface area contributed by atoms with Crippen molar-refractivity contribution in [2.45, 2.75) is 43.5 Å². The molecule has 0 saturated heterocycles. The molecule has 0 aliphatic rings. The van der Waals surface area contributed by atoms with Gasteiger partial charge in [-0.2, -0.15) is 5.26 Å². The van der Waals surface area contributed by atoms with Crippen molar-refractivity contribution in [1.29, 1.82) is 5.26 Å². The minimum atomic E-state index is -0.566. The third-order valence-electron chi connectivity index (χ3n) is 4.43. The van der Waals surface area contributed by atoms with Crippen LogP contribution in [0.5, 0.6) is 5.75 Å². The third-order valence-corrected chi connectivity index (χ3v) is 6.82. The standard InChI is InChI=1S/C21H22N6O3S2/c1-5-15(18(29)25-21-27-26-19(32-21)11(2)3)31-20-23-16(14(10-22)17(28)24-20)12-7-6-8-13(9-12)30-4/h6-9,11,15H,5H2,1-4H3,(H,23,24,28)(H,25,27,29)/t15-/m1/s1. The van der Waals surface area contributed by atoms with Crippen LogP contribution >= 0.6 is 23.1 Å². The molecule has 0 radical (unpaired) electrons. The van der Waals surface area contributed by atoms with Crippen LogP contribution in [0.25, 0.3) is 11.3 Å². The summed E-state index contributed by atoms with van der Waals surface area (Å²) < 4.78 is 5.23. The zero-order valence-corrected chi connectivity index (χ0v) is 19.6. The Balaban J connectivity index is 1.87. The monoisotopic (exact) mass is 470 g/mol. The SMILES string of the molecule is CC[C@@H](Sc1nc(-c2cccc(OC)c2)c(C#N)c(=O)[nH]1)C(=O)Nc1nnc(C(C)C)s1. The number of nitrogens with one attached hydrogen (secondary N) is 2. The molecule has 1 atom stereocenters. The van der Waals surface area contributed by atoms with Crippen molar-refractivity contribution < 1.29 is 9.53 Å². The molecule has 3 rings (SSSR count). The molecule has 2 N–H and O–H groups in total. The van der Waals surface area contributed by atoms with Gasteiger partial charge in [-0.25, -0.2) is 4.98 Å². The van der Waals surface area contributed by atoms with Crippen LogP contribution < -0.4 is 15.6 Å². The van der Waals surface area contributed by atoms with E-state index in [1.165, 1.54) is 18.4 Å². The lowest BCUT2D eigenvalue weighted by atomic mass is 10.1. The number of aromatic amines is 1. The van der Waals surface area contributed by atoms with Crippen LogP contribution in [0.15, 0.2) is 34.2 Å². The molecule has 11 heteroatoms. The molecule has 166 valence electrons. The van der Waals surface area contributed by atoms with Gasteiger partial charge in [0.05, 0.1) is 18.1 Å². The van der Waals surface area contributed by atoms with Crippen molar-refractivity contribution in [3.8, 4) is 23.1 Å². The highest BCUT2D eigenvalue weighted by atomic mass is 32.2. The molecule has 9 nitrogen and oxygen atoms in total. The molecule has 32 heavy (non-hydrogen) atoms. The van der Waals surface area contributed by atoms with Gasteiger partial charge in [0, 0.05) is 11.5 Å². The second kappa shape index (κ2) is 10.4. The van der Waals surface area contributed by atoms with Crippen LogP contribution in [0.2, 0.25) is 0 Å². The number of carbonyl (C=O) groups is 1. The zero-order chi connectivity index (χ0) is 23.3. The van der Waals surface area contributed by atoms with Crippen LogP contribution in [0, 0.1) is 11.3 Å². The Morgan fingerprint density at radius 2 is 2.16 bits per heavy atom. The Hall–Kier alpha value is -3.23. The molecular weight excluding hydrogens is 448 g/mol. The van der Waals surface area contributed by atoms with Gasteiger partial charge in [-0.05, 0) is 18.6 Å². The van der Waals surface area contributed by atoms with Crippen LogP contribution in [-0.2, 0) is 4.79 Å². The van der Waals surface area contributed by atoms with Crippen molar-refractivity contribution in [3.05, 3.63) is 45.2 Å². The summed E-state index contributed by atoms with van der Waals surface area (Å²) in [5.74, 6) is 0.530. The highest BCUT2D eigenvalue weighted by molar-refractivity contribution is 8.00. The normalized spacial score (nSPS) is 11.8. The lowest BCUT2D eigenvalue weighted by Gasteiger charge is -2.13. The average molecular weight is 471 g/mol. The first-order valence-electron chi connectivity index (χ1n) is 9.86. The molecule has 0 spiro atoms. The quantitative estimate of drug-likeness (QED) is 0.375. The number of carbonyl (C=O) groups excluding carboxylic acids is 1. The highest BCUT2D eigenvalue weighted by Gasteiger charge is 2.23. The summed E-state index contributed by atoms with van der Waals surface area (Å²) in [6, 6.07) is 8.86. The van der Waals surface area contributed by atoms with Gasteiger partial charge in [-0.1, -0.05) is 56.0 Å². The molecule has 0 aliphatic heterocycles. The van der Waals surface area contributed by atoms with Gasteiger partial charge in [-0.15, -0.1) is 10.2 Å². The second-order valence-corrected chi connectivity index (χ2v) is 9.24. The number of benzene rings is 1. The number of hydrogen-bond acceptors (Lipinski definition) is 9. The van der Waals surface area contributed by atoms with Gasteiger partial charge in [0.15, 0.2) is 5.16 Å². The van der Waals surface area contributed by atoms with Crippen LogP contribution in [0.3, 0.4) is 0 Å². The summed E-state index contributed by atoms with van der Waals surface area (Å²) in [5, 5.41) is 21.3. The molecule has 1 amide bonds. The number of nitrogens with zero attached hydrogens (tertiary/aromatic N) is 4. The van der Waals surface area contributed by atoms with Gasteiger partial charge in [0.1, 0.15) is 22.4 Å². The number of aromatic nitrogens is 4. The van der Waals surface area contributed by atoms with E-state index in [0.29, 0.717) is 22.9 Å². The predicted octanol–water partition coefficient (Wildman–Crippen LogP) is 3.80. The molecule has 3 aromatic rings. The van der Waals surface area contributed by atoms with E-state index in [1.807, 2.05) is 26.8 Å². The maximum absolute atomic E-state index is 12.8. The molecule has 2 aromatic heterocycles. The number of amides is 1. The van der Waals surface area contributed by atoms with E-state index in [4.69, 9.17) is 4.74 Å². The van der Waals surface area contributed by atoms with Crippen LogP contribution in [0.4, 0.5) is 5.13 Å². The summed E-state index contributed by atoms with van der Waals surface area (Å²) in [6.07, 6.45) is 0.491. The largest absolute Gasteiger partial charge is 0.497 e. The molecule has 2 heterocycles. The number of rotatable bonds is 8. The fourth-order valence-corrected chi connectivity index (χ4v) is 4.40. The molecule has 0 bridgehead atoms. The van der Waals surface area contributed by atoms with Gasteiger partial charge < -0.3 is 9.72 Å². The van der Waals surface area contributed by atoms with E-state index in [-0.39, 0.29) is 28.2 Å². The molecule has 0 saturated carbocycles. The van der Waals surface area contributed by atoms with E-state index in [1.54, 1.807) is 24.3 Å². The van der Waals surface area contributed by atoms with Gasteiger partial charge >= 0.3 is 0 Å². The molecule has 1 aromatic carbocycles. The topological polar surface area (TPSA) is 134 Å². The number of ether oxygens (including phenoxy) is 1. The lowest BCUT2D eigenvalue weighted by molar-refractivity contribution is -0.115. The Labute approximate surface area is 193 Å². The first-order valence-corrected chi connectivity index (χ1v) is 11.6. The second-order valence-electron chi connectivity index (χ2n) is 7.04. The molecule has 0 unspecified atom stereocenters. The van der Waals surface area contributed by atoms with Gasteiger partial charge in [0.25, 0.3) is 5.56 Å². The molecule has 0 fully saturated rings. The lowest BCUT2D eigenvalue weighted by Crippen LogP contribution is -2.25. The summed E-state index contributed by atoms with van der Waals surface area (Å²) in [7, 11) is 1.53. The Kier molecular flexibility index (Phi) is 7.61. The van der Waals surface area contributed by atoms with Crippen molar-refractivity contribution in [2.75, 3.05) is 12.4 Å². The molecule has 0 aliphatic carbocycles. The van der Waals surface area contributed by atoms with E-state index in [2.05, 4.69) is 25.5 Å². The van der Waals surface area contributed by atoms with Crippen molar-refractivity contribution in [1.82, 2.24) is 20.2 Å². The fourth-order valence-electron chi connectivity index (χ4n) is 2.75. The van der Waals surface area contributed by atoms with Crippen LogP contribution in [-0.4, -0.2) is 38.4 Å². The van der Waals surface area contributed by atoms with Gasteiger partial charge in [-0.3, -0.25) is 14.9 Å². The zero-order valence-electron chi connectivity index (χ0n) is 18.0. The van der Waals surface area contributed by atoms with E-state index in [9.17, 15) is 14.9 Å². The average Bonchev–Trinajstić information content (AvgIpc) is 3.25. The predicted molar refractivity (Wildman–Crippen MR) is 124 cm³/mol. The van der Waals surface area contributed by atoms with E-state index in [0.717, 1.165) is 16.8 Å². The number of thioether (sulfide) groups is 1. The van der Waals surface area contributed by atoms with Crippen molar-refractivity contribution in [2.24, 2.45) is 0 Å². The Morgan fingerprint density at radius 1 is 1.38 bits per heavy atom. The summed E-state index contributed by atoms with van der Waals surface area (Å²) in [6.45, 7) is 5.87. The van der Waals surface area contributed by atoms with Crippen molar-refractivity contribution in [3.63, 3.8) is 0 Å². The fraction of sp³-hybridized carbons (Fsp3) is 0.333. The first-order chi connectivity index (χ1) is 15.4. The van der Waals surface area contributed by atoms with Gasteiger partial charge in [0.2, 0.25) is 11.0 Å². The highest BCUT2D eigenvalue weighted by Crippen LogP contribution is 2.29. The first kappa shape index (κ1) is 23.4.